The van der Waals surface area contributed by atoms with Crippen molar-refractivity contribution < 1.29 is 17.9 Å². The molecule has 0 aliphatic carbocycles. The summed E-state index contributed by atoms with van der Waals surface area (Å²) in [5, 5.41) is 4.64. The van der Waals surface area contributed by atoms with Crippen molar-refractivity contribution in [2.24, 2.45) is 0 Å². The average molecular weight is 377 g/mol. The van der Waals surface area contributed by atoms with E-state index < -0.39 is 23.0 Å². The van der Waals surface area contributed by atoms with Crippen LogP contribution >= 0.6 is 11.3 Å². The second kappa shape index (κ2) is 7.47. The minimum absolute atomic E-state index is 0.0243. The number of nitrogens with one attached hydrogen (secondary N) is 2. The van der Waals surface area contributed by atoms with Crippen LogP contribution in [0.4, 0.5) is 15.2 Å². The molecule has 0 aliphatic rings. The van der Waals surface area contributed by atoms with Crippen molar-refractivity contribution in [3.8, 4) is 11.3 Å². The summed E-state index contributed by atoms with van der Waals surface area (Å²) >= 11 is -1.48. The highest BCUT2D eigenvalue weighted by Crippen LogP contribution is 2.25. The monoisotopic (exact) mass is 377 g/mol. The van der Waals surface area contributed by atoms with Gasteiger partial charge in [-0.05, 0) is 30.3 Å². The number of benzene rings is 1. The summed E-state index contributed by atoms with van der Waals surface area (Å²) in [6, 6.07) is 6.78. The summed E-state index contributed by atoms with van der Waals surface area (Å²) in [4.78, 5) is 20.6. The molecule has 10 heteroatoms. The summed E-state index contributed by atoms with van der Waals surface area (Å²) in [6.07, 6.45) is 3.29. The van der Waals surface area contributed by atoms with Crippen LogP contribution in [0.2, 0.25) is 0 Å². The van der Waals surface area contributed by atoms with E-state index in [1.54, 1.807) is 23.8 Å². The standard InChI is InChI=1S/C15H11FN4O3S2/c16-10-3-4-11(12(6-10)20-25(22)23)14(21)19-15-18-13(8-24-15)9-2-1-5-17-7-9/h1-8,20H,(H,22,23)(H,18,19,21)/p-1. The van der Waals surface area contributed by atoms with Gasteiger partial charge in [-0.2, -0.15) is 0 Å². The van der Waals surface area contributed by atoms with Crippen molar-refractivity contribution in [3.05, 3.63) is 59.5 Å². The van der Waals surface area contributed by atoms with Crippen molar-refractivity contribution in [1.82, 2.24) is 9.97 Å². The molecule has 1 unspecified atom stereocenters. The second-order valence-corrected chi connectivity index (χ2v) is 6.29. The lowest BCUT2D eigenvalue weighted by Gasteiger charge is -2.13. The molecule has 0 fully saturated rings. The Bertz CT molecular complexity index is 934. The van der Waals surface area contributed by atoms with Crippen molar-refractivity contribution in [3.63, 3.8) is 0 Å². The molecule has 0 saturated heterocycles. The van der Waals surface area contributed by atoms with E-state index in [-0.39, 0.29) is 11.3 Å². The zero-order valence-electron chi connectivity index (χ0n) is 12.4. The minimum Gasteiger partial charge on any atom is -0.755 e. The van der Waals surface area contributed by atoms with E-state index in [0.29, 0.717) is 10.8 Å². The van der Waals surface area contributed by atoms with Gasteiger partial charge >= 0.3 is 0 Å². The highest BCUT2D eigenvalue weighted by Gasteiger charge is 2.15. The molecule has 2 heterocycles. The fourth-order valence-corrected chi connectivity index (χ4v) is 3.09. The van der Waals surface area contributed by atoms with Crippen LogP contribution in [-0.4, -0.2) is 24.6 Å². The molecule has 3 rings (SSSR count). The molecule has 1 amide bonds. The number of thiazole rings is 1. The topological polar surface area (TPSA) is 107 Å². The van der Waals surface area contributed by atoms with Gasteiger partial charge in [-0.3, -0.25) is 19.3 Å². The Morgan fingerprint density at radius 2 is 2.16 bits per heavy atom. The summed E-state index contributed by atoms with van der Waals surface area (Å²) in [5.41, 5.74) is 1.26. The van der Waals surface area contributed by atoms with Crippen molar-refractivity contribution in [2.75, 3.05) is 10.0 Å². The van der Waals surface area contributed by atoms with E-state index in [0.717, 1.165) is 17.7 Å². The molecule has 25 heavy (non-hydrogen) atoms. The third-order valence-electron chi connectivity index (χ3n) is 3.10. The van der Waals surface area contributed by atoms with Gasteiger partial charge in [0.1, 0.15) is 5.82 Å². The van der Waals surface area contributed by atoms with Crippen LogP contribution in [0.25, 0.3) is 11.3 Å². The molecule has 0 radical (unpaired) electrons. The molecule has 2 aromatic heterocycles. The highest BCUT2D eigenvalue weighted by molar-refractivity contribution is 7.80. The van der Waals surface area contributed by atoms with Crippen LogP contribution in [0.3, 0.4) is 0 Å². The van der Waals surface area contributed by atoms with Gasteiger partial charge in [0.25, 0.3) is 5.91 Å². The molecule has 0 spiro atoms. The van der Waals surface area contributed by atoms with Crippen LogP contribution in [0, 0.1) is 5.82 Å². The van der Waals surface area contributed by atoms with Crippen LogP contribution in [-0.2, 0) is 11.3 Å². The smallest absolute Gasteiger partial charge is 0.259 e. The minimum atomic E-state index is -2.69. The third kappa shape index (κ3) is 4.24. The fourth-order valence-electron chi connectivity index (χ4n) is 2.03. The SMILES string of the molecule is O=C(Nc1nc(-c2cccnc2)cs1)c1ccc(F)cc1NS(=O)[O-]. The predicted molar refractivity (Wildman–Crippen MR) is 92.2 cm³/mol. The van der Waals surface area contributed by atoms with Crippen LogP contribution < -0.4 is 10.0 Å². The lowest BCUT2D eigenvalue weighted by molar-refractivity contribution is 0.102. The van der Waals surface area contributed by atoms with Gasteiger partial charge in [0.05, 0.1) is 16.9 Å². The zero-order chi connectivity index (χ0) is 17.8. The Morgan fingerprint density at radius 1 is 1.32 bits per heavy atom. The molecule has 3 aromatic rings. The molecule has 1 atom stereocenters. The molecule has 1 aromatic carbocycles. The van der Waals surface area contributed by atoms with Crippen LogP contribution in [0.1, 0.15) is 10.4 Å². The first-order valence-electron chi connectivity index (χ1n) is 6.85. The Hall–Kier alpha value is -2.69. The number of halogens is 1. The van der Waals surface area contributed by atoms with Crippen molar-refractivity contribution in [1.29, 1.82) is 0 Å². The number of aromatic nitrogens is 2. The van der Waals surface area contributed by atoms with E-state index in [2.05, 4.69) is 15.3 Å². The normalized spacial score (nSPS) is 11.8. The van der Waals surface area contributed by atoms with E-state index >= 15 is 0 Å². The second-order valence-electron chi connectivity index (χ2n) is 4.76. The first-order chi connectivity index (χ1) is 12.0. The number of hydrogen-bond acceptors (Lipinski definition) is 6. The van der Waals surface area contributed by atoms with E-state index in [1.165, 1.54) is 17.4 Å². The van der Waals surface area contributed by atoms with Gasteiger partial charge < -0.3 is 9.27 Å². The lowest BCUT2D eigenvalue weighted by Crippen LogP contribution is -2.15. The average Bonchev–Trinajstić information content (AvgIpc) is 3.03. The number of amides is 1. The molecule has 2 N–H and O–H groups in total. The molecule has 128 valence electrons. The molecule has 0 bridgehead atoms. The van der Waals surface area contributed by atoms with Crippen molar-refractivity contribution in [2.45, 2.75) is 0 Å². The molecule has 7 nitrogen and oxygen atoms in total. The van der Waals surface area contributed by atoms with Crippen LogP contribution in [0.15, 0.2) is 48.1 Å². The molecule has 0 saturated carbocycles. The highest BCUT2D eigenvalue weighted by atomic mass is 32.2. The quantitative estimate of drug-likeness (QED) is 0.665. The fraction of sp³-hybridized carbons (Fsp3) is 0. The first-order valence-corrected chi connectivity index (χ1v) is 8.81. The van der Waals surface area contributed by atoms with Gasteiger partial charge in [0.15, 0.2) is 5.13 Å². The summed E-state index contributed by atoms with van der Waals surface area (Å²) in [5.74, 6) is -1.28. The molecular weight excluding hydrogens is 367 g/mol. The molecule has 0 aliphatic heterocycles. The Balaban J connectivity index is 1.81. The number of rotatable bonds is 5. The first kappa shape index (κ1) is 17.1. The number of nitrogens with zero attached hydrogens (tertiary/aromatic N) is 2. The van der Waals surface area contributed by atoms with Crippen molar-refractivity contribution >= 4 is 39.3 Å². The number of anilines is 2. The lowest BCUT2D eigenvalue weighted by atomic mass is 10.1. The largest absolute Gasteiger partial charge is 0.755 e. The Morgan fingerprint density at radius 3 is 2.88 bits per heavy atom. The number of carbonyl (C=O) groups is 1. The Labute approximate surface area is 148 Å². The summed E-state index contributed by atoms with van der Waals surface area (Å²) < 4.78 is 36.9. The third-order valence-corrected chi connectivity index (χ3v) is 4.25. The summed E-state index contributed by atoms with van der Waals surface area (Å²) in [7, 11) is 0. The zero-order valence-corrected chi connectivity index (χ0v) is 14.1. The maximum Gasteiger partial charge on any atom is 0.259 e. The Kier molecular flexibility index (Phi) is 5.12. The van der Waals surface area contributed by atoms with Gasteiger partial charge in [-0.25, -0.2) is 9.37 Å². The van der Waals surface area contributed by atoms with E-state index in [9.17, 15) is 17.9 Å². The molecular formula is C15H10FN4O3S2-. The van der Waals surface area contributed by atoms with Gasteiger partial charge in [0, 0.05) is 34.6 Å². The van der Waals surface area contributed by atoms with E-state index in [1.807, 2.05) is 10.8 Å². The number of carbonyl (C=O) groups excluding carboxylic acids is 1. The van der Waals surface area contributed by atoms with Crippen LogP contribution in [0.5, 0.6) is 0 Å². The maximum absolute atomic E-state index is 13.3. The van der Waals surface area contributed by atoms with Gasteiger partial charge in [-0.15, -0.1) is 11.3 Å². The summed E-state index contributed by atoms with van der Waals surface area (Å²) in [6.45, 7) is 0. The van der Waals surface area contributed by atoms with E-state index in [4.69, 9.17) is 0 Å². The number of pyridine rings is 1. The van der Waals surface area contributed by atoms with Gasteiger partial charge in [-0.1, -0.05) is 0 Å². The van der Waals surface area contributed by atoms with Gasteiger partial charge in [0.2, 0.25) is 0 Å². The number of hydrogen-bond donors (Lipinski definition) is 2. The predicted octanol–water partition coefficient (Wildman–Crippen LogP) is 2.80. The maximum atomic E-state index is 13.3.